The second-order valence-electron chi connectivity index (χ2n) is 3.16. The monoisotopic (exact) mass is 172 g/mol. The summed E-state index contributed by atoms with van der Waals surface area (Å²) < 4.78 is 5.20. The third-order valence-electron chi connectivity index (χ3n) is 1.91. The van der Waals surface area contributed by atoms with Crippen molar-refractivity contribution in [2.75, 3.05) is 6.61 Å². The highest BCUT2D eigenvalue weighted by atomic mass is 16.5. The van der Waals surface area contributed by atoms with Crippen molar-refractivity contribution in [3.05, 3.63) is 0 Å². The van der Waals surface area contributed by atoms with Gasteiger partial charge in [-0.25, -0.2) is 0 Å². The SMILES string of the molecule is CCCCCCC(C)OCC=O. The Morgan fingerprint density at radius 3 is 2.67 bits per heavy atom. The zero-order valence-corrected chi connectivity index (χ0v) is 8.21. The molecule has 0 bridgehead atoms. The van der Waals surface area contributed by atoms with Crippen molar-refractivity contribution in [1.82, 2.24) is 0 Å². The Labute approximate surface area is 75.3 Å². The number of rotatable bonds is 8. The highest BCUT2D eigenvalue weighted by Crippen LogP contribution is 2.07. The number of ether oxygens (including phenoxy) is 1. The highest BCUT2D eigenvalue weighted by Gasteiger charge is 2.00. The van der Waals surface area contributed by atoms with Gasteiger partial charge in [-0.2, -0.15) is 0 Å². The van der Waals surface area contributed by atoms with Gasteiger partial charge < -0.3 is 9.53 Å². The summed E-state index contributed by atoms with van der Waals surface area (Å²) in [5, 5.41) is 0. The summed E-state index contributed by atoms with van der Waals surface area (Å²) in [6, 6.07) is 0. The standard InChI is InChI=1S/C10H20O2/c1-3-4-5-6-7-10(2)12-9-8-11/h8,10H,3-7,9H2,1-2H3. The van der Waals surface area contributed by atoms with E-state index in [9.17, 15) is 4.79 Å². The molecule has 72 valence electrons. The fourth-order valence-electron chi connectivity index (χ4n) is 1.15. The summed E-state index contributed by atoms with van der Waals surface area (Å²) >= 11 is 0. The quantitative estimate of drug-likeness (QED) is 0.415. The van der Waals surface area contributed by atoms with Gasteiger partial charge in [0.1, 0.15) is 12.9 Å². The van der Waals surface area contributed by atoms with E-state index in [4.69, 9.17) is 4.74 Å². The Balaban J connectivity index is 3.07. The molecule has 0 aliphatic heterocycles. The molecule has 0 heterocycles. The molecule has 12 heavy (non-hydrogen) atoms. The molecule has 0 aromatic carbocycles. The van der Waals surface area contributed by atoms with Gasteiger partial charge in [0.2, 0.25) is 0 Å². The number of hydrogen-bond donors (Lipinski definition) is 0. The van der Waals surface area contributed by atoms with E-state index in [1.54, 1.807) is 0 Å². The minimum absolute atomic E-state index is 0.243. The van der Waals surface area contributed by atoms with Crippen molar-refractivity contribution in [3.8, 4) is 0 Å². The van der Waals surface area contributed by atoms with Crippen molar-refractivity contribution >= 4 is 6.29 Å². The summed E-state index contributed by atoms with van der Waals surface area (Å²) in [6.07, 6.45) is 7.20. The van der Waals surface area contributed by atoms with Gasteiger partial charge in [-0.15, -0.1) is 0 Å². The summed E-state index contributed by atoms with van der Waals surface area (Å²) in [5.41, 5.74) is 0. The zero-order valence-electron chi connectivity index (χ0n) is 8.21. The van der Waals surface area contributed by atoms with Crippen LogP contribution in [0.15, 0.2) is 0 Å². The summed E-state index contributed by atoms with van der Waals surface area (Å²) in [4.78, 5) is 9.96. The van der Waals surface area contributed by atoms with Crippen molar-refractivity contribution in [1.29, 1.82) is 0 Å². The van der Waals surface area contributed by atoms with Gasteiger partial charge in [0.05, 0.1) is 6.10 Å². The summed E-state index contributed by atoms with van der Waals surface area (Å²) in [6.45, 7) is 4.47. The lowest BCUT2D eigenvalue weighted by Gasteiger charge is -2.09. The number of hydrogen-bond acceptors (Lipinski definition) is 2. The molecule has 0 aliphatic rings. The van der Waals surface area contributed by atoms with E-state index in [0.29, 0.717) is 0 Å². The van der Waals surface area contributed by atoms with Crippen LogP contribution in [0.1, 0.15) is 46.0 Å². The number of carbonyl (C=O) groups is 1. The van der Waals surface area contributed by atoms with Gasteiger partial charge in [0, 0.05) is 0 Å². The van der Waals surface area contributed by atoms with E-state index in [1.165, 1.54) is 25.7 Å². The van der Waals surface area contributed by atoms with E-state index in [-0.39, 0.29) is 12.7 Å². The lowest BCUT2D eigenvalue weighted by molar-refractivity contribution is -0.113. The first kappa shape index (κ1) is 11.6. The molecule has 1 atom stereocenters. The first-order valence-corrected chi connectivity index (χ1v) is 4.86. The first-order chi connectivity index (χ1) is 5.81. The van der Waals surface area contributed by atoms with Crippen LogP contribution in [-0.2, 0) is 9.53 Å². The van der Waals surface area contributed by atoms with Crippen LogP contribution in [-0.4, -0.2) is 19.0 Å². The van der Waals surface area contributed by atoms with Crippen LogP contribution in [0.25, 0.3) is 0 Å². The normalized spacial score (nSPS) is 12.8. The van der Waals surface area contributed by atoms with E-state index >= 15 is 0 Å². The Kier molecular flexibility index (Phi) is 8.46. The molecule has 0 saturated heterocycles. The Hall–Kier alpha value is -0.370. The molecule has 2 nitrogen and oxygen atoms in total. The van der Waals surface area contributed by atoms with E-state index in [0.717, 1.165) is 12.7 Å². The van der Waals surface area contributed by atoms with Gasteiger partial charge >= 0.3 is 0 Å². The molecule has 0 amide bonds. The average molecular weight is 172 g/mol. The van der Waals surface area contributed by atoms with Crippen molar-refractivity contribution < 1.29 is 9.53 Å². The molecule has 0 aliphatic carbocycles. The Morgan fingerprint density at radius 1 is 1.33 bits per heavy atom. The van der Waals surface area contributed by atoms with E-state index in [1.807, 2.05) is 6.92 Å². The maximum atomic E-state index is 9.96. The average Bonchev–Trinajstić information content (AvgIpc) is 2.09. The van der Waals surface area contributed by atoms with Gasteiger partial charge in [0.25, 0.3) is 0 Å². The second-order valence-corrected chi connectivity index (χ2v) is 3.16. The molecular weight excluding hydrogens is 152 g/mol. The maximum Gasteiger partial charge on any atom is 0.145 e. The molecule has 0 fully saturated rings. The van der Waals surface area contributed by atoms with Crippen LogP contribution in [0.2, 0.25) is 0 Å². The molecule has 0 spiro atoms. The first-order valence-electron chi connectivity index (χ1n) is 4.86. The summed E-state index contributed by atoms with van der Waals surface area (Å²) in [5.74, 6) is 0. The summed E-state index contributed by atoms with van der Waals surface area (Å²) in [7, 11) is 0. The van der Waals surface area contributed by atoms with Crippen LogP contribution in [0.5, 0.6) is 0 Å². The fourth-order valence-corrected chi connectivity index (χ4v) is 1.15. The topological polar surface area (TPSA) is 26.3 Å². The number of aldehydes is 1. The largest absolute Gasteiger partial charge is 0.371 e. The molecule has 0 N–H and O–H groups in total. The number of carbonyl (C=O) groups excluding carboxylic acids is 1. The van der Waals surface area contributed by atoms with Crippen molar-refractivity contribution in [2.24, 2.45) is 0 Å². The zero-order chi connectivity index (χ0) is 9.23. The van der Waals surface area contributed by atoms with Crippen molar-refractivity contribution in [2.45, 2.75) is 52.1 Å². The van der Waals surface area contributed by atoms with Crippen LogP contribution < -0.4 is 0 Å². The van der Waals surface area contributed by atoms with Gasteiger partial charge in [-0.1, -0.05) is 32.6 Å². The van der Waals surface area contributed by atoms with Crippen LogP contribution >= 0.6 is 0 Å². The lowest BCUT2D eigenvalue weighted by Crippen LogP contribution is -2.09. The third kappa shape index (κ3) is 7.73. The molecule has 2 heteroatoms. The number of unbranched alkanes of at least 4 members (excludes halogenated alkanes) is 3. The van der Waals surface area contributed by atoms with E-state index in [2.05, 4.69) is 6.92 Å². The van der Waals surface area contributed by atoms with E-state index < -0.39 is 0 Å². The van der Waals surface area contributed by atoms with Crippen molar-refractivity contribution in [3.63, 3.8) is 0 Å². The lowest BCUT2D eigenvalue weighted by atomic mass is 10.1. The molecule has 0 aromatic rings. The van der Waals surface area contributed by atoms with Gasteiger partial charge in [-0.3, -0.25) is 0 Å². The molecule has 0 saturated carbocycles. The molecule has 0 rings (SSSR count). The maximum absolute atomic E-state index is 9.96. The predicted molar refractivity (Wildman–Crippen MR) is 50.2 cm³/mol. The van der Waals surface area contributed by atoms with Gasteiger partial charge in [0.15, 0.2) is 0 Å². The van der Waals surface area contributed by atoms with Gasteiger partial charge in [-0.05, 0) is 13.3 Å². The molecule has 1 unspecified atom stereocenters. The third-order valence-corrected chi connectivity index (χ3v) is 1.91. The Morgan fingerprint density at radius 2 is 2.08 bits per heavy atom. The van der Waals surface area contributed by atoms with Crippen LogP contribution in [0.4, 0.5) is 0 Å². The predicted octanol–water partition coefficient (Wildman–Crippen LogP) is 2.56. The Bertz CT molecular complexity index is 102. The van der Waals surface area contributed by atoms with Crippen LogP contribution in [0.3, 0.4) is 0 Å². The van der Waals surface area contributed by atoms with Crippen LogP contribution in [0, 0.1) is 0 Å². The molecule has 0 radical (unpaired) electrons. The molecule has 0 aromatic heterocycles. The minimum Gasteiger partial charge on any atom is -0.371 e. The highest BCUT2D eigenvalue weighted by molar-refractivity contribution is 5.50. The smallest absolute Gasteiger partial charge is 0.145 e. The second kappa shape index (κ2) is 8.72. The fraction of sp³-hybridized carbons (Fsp3) is 0.900. The molecular formula is C10H20O2. The minimum atomic E-state index is 0.243.